The van der Waals surface area contributed by atoms with Gasteiger partial charge in [-0.05, 0) is 24.1 Å². The van der Waals surface area contributed by atoms with E-state index in [1.165, 1.54) is 29.1 Å². The molecule has 0 saturated heterocycles. The van der Waals surface area contributed by atoms with Crippen LogP contribution in [0.15, 0.2) is 96.7 Å². The lowest BCUT2D eigenvalue weighted by Crippen LogP contribution is -2.42. The lowest BCUT2D eigenvalue weighted by molar-refractivity contribution is -0.140. The Hall–Kier alpha value is -4.44. The Morgan fingerprint density at radius 3 is 2.24 bits per heavy atom. The second kappa shape index (κ2) is 14.0. The highest BCUT2D eigenvalue weighted by atomic mass is 32.1. The minimum Gasteiger partial charge on any atom is -0.493 e. The highest BCUT2D eigenvalue weighted by Gasteiger charge is 2.37. The molecule has 42 heavy (non-hydrogen) atoms. The summed E-state index contributed by atoms with van der Waals surface area (Å²) in [6.45, 7) is 2.46. The fraction of sp³-hybridized carbons (Fsp3) is 0.219. The van der Waals surface area contributed by atoms with E-state index in [-0.39, 0.29) is 12.0 Å². The number of thiazole rings is 1. The van der Waals surface area contributed by atoms with Gasteiger partial charge in [-0.2, -0.15) is 13.2 Å². The molecule has 2 N–H and O–H groups in total. The van der Waals surface area contributed by atoms with Crippen LogP contribution in [-0.4, -0.2) is 40.7 Å². The average molecular weight is 595 g/mol. The standard InChI is InChI=1S/C32H29F3N2O4S/c1-2-28-25(37-30(42-28)23-11-7-4-8-12-23)17-18-41-24-15-13-21(14-16-24)19-26(31(39)40)36-29(32(33,34)35)20-27(38)22-9-5-3-6-10-22/h3-16,20,26,36H,2,17-19H2,1H3,(H,39,40)/b29-20-. The van der Waals surface area contributed by atoms with Crippen molar-refractivity contribution >= 4 is 23.1 Å². The van der Waals surface area contributed by atoms with E-state index in [1.807, 2.05) is 35.6 Å². The van der Waals surface area contributed by atoms with Crippen molar-refractivity contribution < 1.29 is 32.6 Å². The summed E-state index contributed by atoms with van der Waals surface area (Å²) in [6, 6.07) is 22.3. The van der Waals surface area contributed by atoms with Gasteiger partial charge >= 0.3 is 12.1 Å². The molecule has 0 spiro atoms. The lowest BCUT2D eigenvalue weighted by Gasteiger charge is -2.20. The van der Waals surface area contributed by atoms with E-state index in [2.05, 4.69) is 6.92 Å². The summed E-state index contributed by atoms with van der Waals surface area (Å²) < 4.78 is 46.9. The molecule has 10 heteroatoms. The van der Waals surface area contributed by atoms with Gasteiger partial charge in [-0.3, -0.25) is 4.79 Å². The molecule has 1 heterocycles. The smallest absolute Gasteiger partial charge is 0.431 e. The molecule has 1 atom stereocenters. The van der Waals surface area contributed by atoms with Crippen molar-refractivity contribution in [2.45, 2.75) is 38.4 Å². The fourth-order valence-electron chi connectivity index (χ4n) is 4.19. The van der Waals surface area contributed by atoms with Gasteiger partial charge in [0.1, 0.15) is 22.5 Å². The van der Waals surface area contributed by atoms with Gasteiger partial charge in [-0.1, -0.05) is 79.7 Å². The summed E-state index contributed by atoms with van der Waals surface area (Å²) in [4.78, 5) is 30.2. The average Bonchev–Trinajstić information content (AvgIpc) is 3.40. The third kappa shape index (κ3) is 8.29. The number of carbonyl (C=O) groups excluding carboxylic acids is 1. The topological polar surface area (TPSA) is 88.5 Å². The summed E-state index contributed by atoms with van der Waals surface area (Å²) >= 11 is 1.66. The zero-order valence-electron chi connectivity index (χ0n) is 22.7. The van der Waals surface area contributed by atoms with Crippen LogP contribution in [0.1, 0.15) is 33.4 Å². The Morgan fingerprint density at radius 1 is 1.00 bits per heavy atom. The molecule has 1 unspecified atom stereocenters. The molecule has 0 aliphatic carbocycles. The van der Waals surface area contributed by atoms with Crippen molar-refractivity contribution in [3.8, 4) is 16.3 Å². The fourth-order valence-corrected chi connectivity index (χ4v) is 5.25. The third-order valence-electron chi connectivity index (χ3n) is 6.36. The second-order valence-electron chi connectivity index (χ2n) is 9.38. The van der Waals surface area contributed by atoms with Crippen molar-refractivity contribution in [1.29, 1.82) is 0 Å². The Labute approximate surface area is 245 Å². The number of carbonyl (C=O) groups is 2. The molecule has 0 bridgehead atoms. The predicted molar refractivity (Wildman–Crippen MR) is 156 cm³/mol. The van der Waals surface area contributed by atoms with Crippen molar-refractivity contribution in [2.24, 2.45) is 0 Å². The monoisotopic (exact) mass is 594 g/mol. The number of nitrogens with one attached hydrogen (secondary N) is 1. The van der Waals surface area contributed by atoms with Crippen molar-refractivity contribution in [2.75, 3.05) is 6.61 Å². The van der Waals surface area contributed by atoms with Crippen molar-refractivity contribution in [1.82, 2.24) is 10.3 Å². The number of hydrogen-bond acceptors (Lipinski definition) is 6. The number of rotatable bonds is 13. The van der Waals surface area contributed by atoms with Crippen LogP contribution in [0.4, 0.5) is 13.2 Å². The van der Waals surface area contributed by atoms with Crippen LogP contribution in [-0.2, 0) is 24.1 Å². The number of alkyl halides is 3. The quantitative estimate of drug-likeness (QED) is 0.129. The van der Waals surface area contributed by atoms with E-state index in [9.17, 15) is 27.9 Å². The van der Waals surface area contributed by atoms with Crippen LogP contribution >= 0.6 is 11.3 Å². The maximum absolute atomic E-state index is 13.7. The number of nitrogens with zero attached hydrogens (tertiary/aromatic N) is 1. The number of aromatic nitrogens is 1. The zero-order valence-corrected chi connectivity index (χ0v) is 23.5. The van der Waals surface area contributed by atoms with E-state index in [4.69, 9.17) is 9.72 Å². The molecule has 6 nitrogen and oxygen atoms in total. The molecule has 0 saturated carbocycles. The number of hydrogen-bond donors (Lipinski definition) is 2. The van der Waals surface area contributed by atoms with Crippen molar-refractivity contribution in [3.63, 3.8) is 0 Å². The molecular weight excluding hydrogens is 565 g/mol. The van der Waals surface area contributed by atoms with Gasteiger partial charge < -0.3 is 15.2 Å². The van der Waals surface area contributed by atoms with E-state index >= 15 is 0 Å². The number of allylic oxidation sites excluding steroid dienone is 2. The highest BCUT2D eigenvalue weighted by molar-refractivity contribution is 7.15. The van der Waals surface area contributed by atoms with Gasteiger partial charge in [0, 0.05) is 34.9 Å². The third-order valence-corrected chi connectivity index (χ3v) is 7.65. The van der Waals surface area contributed by atoms with Crippen LogP contribution in [0.2, 0.25) is 0 Å². The zero-order chi connectivity index (χ0) is 30.1. The summed E-state index contributed by atoms with van der Waals surface area (Å²) in [7, 11) is 0. The molecule has 218 valence electrons. The lowest BCUT2D eigenvalue weighted by atomic mass is 10.0. The number of benzene rings is 3. The molecule has 0 radical (unpaired) electrons. The summed E-state index contributed by atoms with van der Waals surface area (Å²) in [6.07, 6.45) is -3.35. The van der Waals surface area contributed by atoms with Crippen LogP contribution in [0, 0.1) is 0 Å². The minimum atomic E-state index is -4.95. The number of ketones is 1. The first-order valence-electron chi connectivity index (χ1n) is 13.3. The Kier molecular flexibility index (Phi) is 10.1. The summed E-state index contributed by atoms with van der Waals surface area (Å²) in [5.74, 6) is -1.83. The van der Waals surface area contributed by atoms with E-state index in [0.29, 0.717) is 30.4 Å². The van der Waals surface area contributed by atoms with Gasteiger partial charge in [-0.25, -0.2) is 9.78 Å². The number of aryl methyl sites for hydroxylation is 1. The highest BCUT2D eigenvalue weighted by Crippen LogP contribution is 2.29. The summed E-state index contributed by atoms with van der Waals surface area (Å²) in [5, 5.41) is 12.6. The molecule has 0 fully saturated rings. The Balaban J connectivity index is 1.38. The number of aliphatic carboxylic acids is 1. The number of halogens is 3. The summed E-state index contributed by atoms with van der Waals surface area (Å²) in [5.41, 5.74) is 1.16. The van der Waals surface area contributed by atoms with Gasteiger partial charge in [0.2, 0.25) is 0 Å². The molecule has 4 rings (SSSR count). The van der Waals surface area contributed by atoms with Gasteiger partial charge in [-0.15, -0.1) is 11.3 Å². The normalized spacial score (nSPS) is 12.5. The van der Waals surface area contributed by atoms with Crippen LogP contribution < -0.4 is 10.1 Å². The molecule has 0 aliphatic heterocycles. The molecule has 0 amide bonds. The van der Waals surface area contributed by atoms with Crippen LogP contribution in [0.3, 0.4) is 0 Å². The molecule has 0 aliphatic rings. The number of ether oxygens (including phenoxy) is 1. The first-order valence-corrected chi connectivity index (χ1v) is 14.1. The Morgan fingerprint density at radius 2 is 1.64 bits per heavy atom. The Bertz CT molecular complexity index is 1520. The largest absolute Gasteiger partial charge is 0.493 e. The molecule has 3 aromatic carbocycles. The van der Waals surface area contributed by atoms with Crippen LogP contribution in [0.5, 0.6) is 5.75 Å². The van der Waals surface area contributed by atoms with E-state index in [0.717, 1.165) is 22.7 Å². The number of carboxylic acid groups (broad SMARTS) is 1. The number of carboxylic acids is 1. The van der Waals surface area contributed by atoms with Crippen LogP contribution in [0.25, 0.3) is 10.6 Å². The van der Waals surface area contributed by atoms with Gasteiger partial charge in [0.25, 0.3) is 0 Å². The minimum absolute atomic E-state index is 0.0563. The first kappa shape index (κ1) is 30.5. The van der Waals surface area contributed by atoms with Crippen molar-refractivity contribution in [3.05, 3.63) is 118 Å². The molecule has 1 aromatic heterocycles. The second-order valence-corrected chi connectivity index (χ2v) is 10.5. The van der Waals surface area contributed by atoms with Gasteiger partial charge in [0.05, 0.1) is 12.3 Å². The van der Waals surface area contributed by atoms with E-state index < -0.39 is 29.7 Å². The maximum Gasteiger partial charge on any atom is 0.431 e. The maximum atomic E-state index is 13.7. The first-order chi connectivity index (χ1) is 20.1. The molecular formula is C32H29F3N2O4S. The van der Waals surface area contributed by atoms with Gasteiger partial charge in [0.15, 0.2) is 5.78 Å². The SMILES string of the molecule is CCc1sc(-c2ccccc2)nc1CCOc1ccc(CC(N/C(=C\C(=O)c2ccccc2)C(F)(F)F)C(=O)O)cc1. The van der Waals surface area contributed by atoms with E-state index in [1.54, 1.807) is 41.7 Å². The predicted octanol–water partition coefficient (Wildman–Crippen LogP) is 6.91. The molecule has 4 aromatic rings.